The number of nitrogens with one attached hydrogen (secondary N) is 4. The monoisotopic (exact) mass is 785 g/mol. The molecule has 14 N–H and O–H groups in total. The van der Waals surface area contributed by atoms with E-state index >= 15 is 0 Å². The minimum atomic E-state index is -1.28. The van der Waals surface area contributed by atoms with Gasteiger partial charge in [0.2, 0.25) is 29.5 Å². The van der Waals surface area contributed by atoms with Crippen molar-refractivity contribution in [2.24, 2.45) is 44.6 Å². The van der Waals surface area contributed by atoms with Crippen LogP contribution in [0.25, 0.3) is 6.08 Å². The van der Waals surface area contributed by atoms with Gasteiger partial charge in [0.05, 0.1) is 5.69 Å². The van der Waals surface area contributed by atoms with Gasteiger partial charge in [-0.3, -0.25) is 29.0 Å². The molecule has 0 aliphatic carbocycles. The predicted molar refractivity (Wildman–Crippen MR) is 217 cm³/mol. The Kier molecular flexibility index (Phi) is 17.7. The van der Waals surface area contributed by atoms with E-state index in [-0.39, 0.29) is 50.1 Å². The summed E-state index contributed by atoms with van der Waals surface area (Å²) < 4.78 is 13.8. The third kappa shape index (κ3) is 16.6. The lowest BCUT2D eigenvalue weighted by Gasteiger charge is -2.27. The molecule has 17 heteroatoms. The Hall–Kier alpha value is -6.78. The zero-order valence-corrected chi connectivity index (χ0v) is 32.0. The fourth-order valence-electron chi connectivity index (χ4n) is 5.63. The van der Waals surface area contributed by atoms with Crippen LogP contribution in [0.5, 0.6) is 0 Å². The molecule has 3 aromatic carbocycles. The van der Waals surface area contributed by atoms with Crippen LogP contribution < -0.4 is 49.9 Å². The Morgan fingerprint density at radius 3 is 1.74 bits per heavy atom. The summed E-state index contributed by atoms with van der Waals surface area (Å²) in [5.41, 5.74) is 29.7. The molecule has 0 aliphatic heterocycles. The fourth-order valence-corrected chi connectivity index (χ4v) is 5.63. The van der Waals surface area contributed by atoms with Gasteiger partial charge in [0.25, 0.3) is 0 Å². The number of benzene rings is 3. The van der Waals surface area contributed by atoms with E-state index in [9.17, 15) is 28.4 Å². The molecular weight excluding hydrogens is 734 g/mol. The Balaban J connectivity index is 1.92. The van der Waals surface area contributed by atoms with Gasteiger partial charge in [0.1, 0.15) is 30.0 Å². The normalized spacial score (nSPS) is 13.1. The Bertz CT molecular complexity index is 1890. The second-order valence-corrected chi connectivity index (χ2v) is 13.7. The quantitative estimate of drug-likeness (QED) is 0.0318. The summed E-state index contributed by atoms with van der Waals surface area (Å²) in [6.45, 7) is 3.90. The van der Waals surface area contributed by atoms with Gasteiger partial charge in [-0.05, 0) is 72.2 Å². The van der Waals surface area contributed by atoms with Crippen molar-refractivity contribution < 1.29 is 28.4 Å². The first-order valence-electron chi connectivity index (χ1n) is 18.3. The van der Waals surface area contributed by atoms with Crippen molar-refractivity contribution in [3.8, 4) is 0 Å². The average molecular weight is 786 g/mol. The molecule has 0 bridgehead atoms. The van der Waals surface area contributed by atoms with Gasteiger partial charge in [0, 0.05) is 25.5 Å². The van der Waals surface area contributed by atoms with Crippen LogP contribution in [0.1, 0.15) is 49.8 Å². The lowest BCUT2D eigenvalue weighted by Crippen LogP contribution is -2.59. The largest absolute Gasteiger partial charge is 0.370 e. The van der Waals surface area contributed by atoms with E-state index in [2.05, 4.69) is 31.3 Å². The highest BCUT2D eigenvalue weighted by Crippen LogP contribution is 2.16. The first kappa shape index (κ1) is 44.6. The number of nitrogens with two attached hydrogens (primary N) is 5. The number of primary amides is 1. The summed E-state index contributed by atoms with van der Waals surface area (Å²) in [6.07, 6.45) is 3.39. The minimum Gasteiger partial charge on any atom is -0.370 e. The van der Waals surface area contributed by atoms with Crippen LogP contribution in [0.2, 0.25) is 0 Å². The summed E-state index contributed by atoms with van der Waals surface area (Å²) in [7, 11) is 0. The second-order valence-electron chi connectivity index (χ2n) is 13.7. The topological polar surface area (TPSA) is 288 Å². The van der Waals surface area contributed by atoms with E-state index in [4.69, 9.17) is 28.7 Å². The highest BCUT2D eigenvalue weighted by Gasteiger charge is 2.31. The maximum atomic E-state index is 14.2. The van der Waals surface area contributed by atoms with Gasteiger partial charge < -0.3 is 49.9 Å². The van der Waals surface area contributed by atoms with Crippen LogP contribution in [-0.4, -0.2) is 72.2 Å². The number of amides is 5. The van der Waals surface area contributed by atoms with Crippen molar-refractivity contribution in [2.45, 2.75) is 70.1 Å². The molecule has 3 rings (SSSR count). The summed E-state index contributed by atoms with van der Waals surface area (Å²) in [6, 6.07) is 16.3. The van der Waals surface area contributed by atoms with E-state index in [0.717, 1.165) is 5.56 Å². The van der Waals surface area contributed by atoms with Gasteiger partial charge in [-0.25, -0.2) is 9.38 Å². The van der Waals surface area contributed by atoms with Gasteiger partial charge in [0.15, 0.2) is 11.9 Å². The molecule has 0 saturated carbocycles. The zero-order valence-electron chi connectivity index (χ0n) is 32.0. The lowest BCUT2D eigenvalue weighted by molar-refractivity contribution is -0.134. The number of hydrogen-bond acceptors (Lipinski definition) is 7. The number of aliphatic imine (C=N–C) groups is 2. The zero-order chi connectivity index (χ0) is 41.9. The number of nitrogens with zero attached hydrogens (tertiary/aromatic N) is 2. The molecule has 0 spiro atoms. The van der Waals surface area contributed by atoms with Crippen molar-refractivity contribution >= 4 is 53.2 Å². The maximum absolute atomic E-state index is 14.2. The number of hydrogen-bond donors (Lipinski definition) is 9. The van der Waals surface area contributed by atoms with Crippen LogP contribution in [0.15, 0.2) is 94.9 Å². The summed E-state index contributed by atoms with van der Waals surface area (Å²) in [5.74, 6) is -4.34. The molecule has 4 atom stereocenters. The Morgan fingerprint density at radius 2 is 1.19 bits per heavy atom. The molecule has 0 radical (unpaired) electrons. The first-order valence-corrected chi connectivity index (χ1v) is 18.3. The van der Waals surface area contributed by atoms with Crippen molar-refractivity contribution in [3.05, 3.63) is 107 Å². The molecule has 0 unspecified atom stereocenters. The third-order valence-electron chi connectivity index (χ3n) is 8.43. The van der Waals surface area contributed by atoms with Crippen molar-refractivity contribution in [2.75, 3.05) is 6.54 Å². The second kappa shape index (κ2) is 22.6. The molecule has 5 amide bonds. The lowest BCUT2D eigenvalue weighted by atomic mass is 9.99. The highest BCUT2D eigenvalue weighted by atomic mass is 19.1. The molecule has 3 aromatic rings. The molecule has 0 fully saturated rings. The molecule has 0 saturated heterocycles. The maximum Gasteiger partial charge on any atom is 0.244 e. The molecule has 57 heavy (non-hydrogen) atoms. The van der Waals surface area contributed by atoms with Gasteiger partial charge in [-0.15, -0.1) is 0 Å². The number of carbonyl (C=O) groups is 5. The summed E-state index contributed by atoms with van der Waals surface area (Å²) in [5, 5.41) is 10.8. The van der Waals surface area contributed by atoms with Crippen molar-refractivity contribution in [1.82, 2.24) is 21.3 Å². The van der Waals surface area contributed by atoms with Crippen LogP contribution in [0.4, 0.5) is 10.1 Å². The van der Waals surface area contributed by atoms with E-state index in [1.54, 1.807) is 42.5 Å². The van der Waals surface area contributed by atoms with Crippen LogP contribution in [0, 0.1) is 11.7 Å². The summed E-state index contributed by atoms with van der Waals surface area (Å²) in [4.78, 5) is 75.1. The van der Waals surface area contributed by atoms with Crippen molar-refractivity contribution in [3.63, 3.8) is 0 Å². The van der Waals surface area contributed by atoms with Crippen LogP contribution in [0.3, 0.4) is 0 Å². The van der Waals surface area contributed by atoms with Gasteiger partial charge in [-0.1, -0.05) is 68.4 Å². The third-order valence-corrected chi connectivity index (χ3v) is 8.43. The highest BCUT2D eigenvalue weighted by molar-refractivity contribution is 5.98. The smallest absolute Gasteiger partial charge is 0.244 e. The van der Waals surface area contributed by atoms with E-state index < -0.39 is 59.5 Å². The standard InChI is InChI=1S/C40H52FN11O5/c1-24(2)21-31(36(55)50-30(35(42)54)9-6-20-47-39(43)44)51-38(57)33(23-27-12-17-29(18-13-27)48-40(45)46)52-37(56)32(22-26-10-15-28(41)16-11-26)49-34(53)19-14-25-7-4-3-5-8-25/h3-5,7-8,10-19,24,30-33H,6,9,20-23H2,1-2H3,(H2,42,54)(H,49,53)(H,50,55)(H,51,57)(H,52,56)(H4,43,44,47)(H4,45,46,48)/b19-14+/t30-,31-,32-,33-/m0/s1. The van der Waals surface area contributed by atoms with Crippen LogP contribution in [-0.2, 0) is 36.8 Å². The van der Waals surface area contributed by atoms with Gasteiger partial charge in [-0.2, -0.15) is 0 Å². The van der Waals surface area contributed by atoms with Gasteiger partial charge >= 0.3 is 0 Å². The van der Waals surface area contributed by atoms with Crippen molar-refractivity contribution in [1.29, 1.82) is 0 Å². The SMILES string of the molecule is CC(C)C[C@H](NC(=O)[C@H](Cc1ccc(N=C(N)N)cc1)NC(=O)[C@H](Cc1ccc(F)cc1)NC(=O)/C=C/c1ccccc1)C(=O)N[C@@H](CCCN=C(N)N)C(N)=O. The fraction of sp³-hybridized carbons (Fsp3) is 0.325. The molecule has 0 aromatic heterocycles. The minimum absolute atomic E-state index is 0.0470. The number of guanidine groups is 2. The first-order chi connectivity index (χ1) is 27.1. The molecule has 16 nitrogen and oxygen atoms in total. The molecule has 0 aliphatic rings. The van der Waals surface area contributed by atoms with E-state index in [1.807, 2.05) is 32.0 Å². The number of rotatable bonds is 21. The summed E-state index contributed by atoms with van der Waals surface area (Å²) >= 11 is 0. The Morgan fingerprint density at radius 1 is 0.667 bits per heavy atom. The Labute approximate surface area is 331 Å². The predicted octanol–water partition coefficient (Wildman–Crippen LogP) is 0.753. The van der Waals surface area contributed by atoms with E-state index in [0.29, 0.717) is 23.2 Å². The number of carbonyl (C=O) groups excluding carboxylic acids is 5. The van der Waals surface area contributed by atoms with E-state index in [1.165, 1.54) is 30.3 Å². The van der Waals surface area contributed by atoms with Crippen LogP contribution >= 0.6 is 0 Å². The number of halogens is 1. The molecular formula is C40H52FN11O5. The molecule has 0 heterocycles. The molecule has 304 valence electrons. The average Bonchev–Trinajstić information content (AvgIpc) is 3.15.